The maximum absolute atomic E-state index is 13.4. The van der Waals surface area contributed by atoms with Gasteiger partial charge in [0.2, 0.25) is 5.91 Å². The molecule has 0 atom stereocenters. The molecule has 6 heteroatoms. The lowest BCUT2D eigenvalue weighted by molar-refractivity contribution is -0.127. The SMILES string of the molecule is O=C1CCCN1CCC1CCN(C(=O)c2cc(F)ccc2Cl)CC1. The van der Waals surface area contributed by atoms with Gasteiger partial charge in [0.15, 0.2) is 0 Å². The number of nitrogens with zero attached hydrogens (tertiary/aromatic N) is 2. The summed E-state index contributed by atoms with van der Waals surface area (Å²) in [5.74, 6) is 0.148. The van der Waals surface area contributed by atoms with E-state index in [2.05, 4.69) is 0 Å². The molecule has 130 valence electrons. The number of likely N-dealkylation sites (tertiary alicyclic amines) is 2. The smallest absolute Gasteiger partial charge is 0.255 e. The predicted molar refractivity (Wildman–Crippen MR) is 90.5 cm³/mol. The highest BCUT2D eigenvalue weighted by Gasteiger charge is 2.26. The molecule has 2 saturated heterocycles. The molecular formula is C18H22ClFN2O2. The molecule has 0 N–H and O–H groups in total. The van der Waals surface area contributed by atoms with Crippen LogP contribution >= 0.6 is 11.6 Å². The summed E-state index contributed by atoms with van der Waals surface area (Å²) in [6, 6.07) is 3.88. The highest BCUT2D eigenvalue weighted by molar-refractivity contribution is 6.33. The van der Waals surface area contributed by atoms with Crippen LogP contribution in [0.1, 0.15) is 42.5 Å². The molecular weight excluding hydrogens is 331 g/mol. The molecule has 0 saturated carbocycles. The lowest BCUT2D eigenvalue weighted by Gasteiger charge is -2.33. The molecule has 0 aliphatic carbocycles. The summed E-state index contributed by atoms with van der Waals surface area (Å²) in [5, 5.41) is 0.288. The number of carbonyl (C=O) groups excluding carboxylic acids is 2. The Labute approximate surface area is 146 Å². The lowest BCUT2D eigenvalue weighted by atomic mass is 9.93. The molecule has 4 nitrogen and oxygen atoms in total. The van der Waals surface area contributed by atoms with Gasteiger partial charge in [0, 0.05) is 32.6 Å². The van der Waals surface area contributed by atoms with Crippen LogP contribution in [-0.4, -0.2) is 47.8 Å². The third-order valence-electron chi connectivity index (χ3n) is 5.04. The Balaban J connectivity index is 1.50. The van der Waals surface area contributed by atoms with E-state index < -0.39 is 5.82 Å². The second-order valence-electron chi connectivity index (χ2n) is 6.63. The second kappa shape index (κ2) is 7.51. The van der Waals surface area contributed by atoms with Crippen molar-refractivity contribution in [3.8, 4) is 0 Å². The van der Waals surface area contributed by atoms with Gasteiger partial charge in [0.05, 0.1) is 10.6 Å². The van der Waals surface area contributed by atoms with Crippen LogP contribution in [0.25, 0.3) is 0 Å². The molecule has 0 bridgehead atoms. The standard InChI is InChI=1S/C18H22ClFN2O2/c19-16-4-3-14(20)12-15(16)18(24)22-10-6-13(7-11-22)5-9-21-8-1-2-17(21)23/h3-4,12-13H,1-2,5-11H2. The Hall–Kier alpha value is -1.62. The number of carbonyl (C=O) groups is 2. The molecule has 1 aromatic carbocycles. The molecule has 2 fully saturated rings. The number of hydrogen-bond acceptors (Lipinski definition) is 2. The van der Waals surface area contributed by atoms with Crippen LogP contribution in [0.15, 0.2) is 18.2 Å². The number of amides is 2. The number of hydrogen-bond donors (Lipinski definition) is 0. The Morgan fingerprint density at radius 1 is 1.25 bits per heavy atom. The Morgan fingerprint density at radius 3 is 2.67 bits per heavy atom. The largest absolute Gasteiger partial charge is 0.343 e. The van der Waals surface area contributed by atoms with E-state index in [-0.39, 0.29) is 22.4 Å². The van der Waals surface area contributed by atoms with E-state index in [4.69, 9.17) is 11.6 Å². The predicted octanol–water partition coefficient (Wildman–Crippen LogP) is 3.34. The first-order chi connectivity index (χ1) is 11.5. The molecule has 0 aromatic heterocycles. The highest BCUT2D eigenvalue weighted by Crippen LogP contribution is 2.25. The second-order valence-corrected chi connectivity index (χ2v) is 7.04. The van der Waals surface area contributed by atoms with Crippen LogP contribution in [0.3, 0.4) is 0 Å². The topological polar surface area (TPSA) is 40.6 Å². The Bertz CT molecular complexity index is 629. The summed E-state index contributed by atoms with van der Waals surface area (Å²) in [6.45, 7) is 3.02. The zero-order chi connectivity index (χ0) is 17.1. The van der Waals surface area contributed by atoms with E-state index in [1.165, 1.54) is 18.2 Å². The zero-order valence-corrected chi connectivity index (χ0v) is 14.4. The number of rotatable bonds is 4. The van der Waals surface area contributed by atoms with Gasteiger partial charge in [-0.3, -0.25) is 9.59 Å². The maximum Gasteiger partial charge on any atom is 0.255 e. The minimum absolute atomic E-state index is 0.201. The minimum Gasteiger partial charge on any atom is -0.343 e. The van der Waals surface area contributed by atoms with Crippen LogP contribution in [0.4, 0.5) is 4.39 Å². The van der Waals surface area contributed by atoms with Crippen molar-refractivity contribution in [1.82, 2.24) is 9.80 Å². The van der Waals surface area contributed by atoms with Crippen molar-refractivity contribution >= 4 is 23.4 Å². The first kappa shape index (κ1) is 17.2. The summed E-state index contributed by atoms with van der Waals surface area (Å²) < 4.78 is 13.4. The quantitative estimate of drug-likeness (QED) is 0.833. The van der Waals surface area contributed by atoms with E-state index in [0.717, 1.165) is 38.8 Å². The third kappa shape index (κ3) is 3.89. The summed E-state index contributed by atoms with van der Waals surface area (Å²) in [6.07, 6.45) is 4.48. The van der Waals surface area contributed by atoms with Gasteiger partial charge in [0.1, 0.15) is 5.82 Å². The molecule has 3 rings (SSSR count). The van der Waals surface area contributed by atoms with Gasteiger partial charge >= 0.3 is 0 Å². The van der Waals surface area contributed by atoms with Crippen molar-refractivity contribution in [2.24, 2.45) is 5.92 Å². The molecule has 2 amide bonds. The molecule has 2 aliphatic rings. The Morgan fingerprint density at radius 2 is 2.00 bits per heavy atom. The van der Waals surface area contributed by atoms with Gasteiger partial charge in [-0.05, 0) is 49.8 Å². The van der Waals surface area contributed by atoms with Crippen molar-refractivity contribution in [2.45, 2.75) is 32.1 Å². The molecule has 1 aromatic rings. The van der Waals surface area contributed by atoms with Crippen molar-refractivity contribution in [3.05, 3.63) is 34.6 Å². The lowest BCUT2D eigenvalue weighted by Crippen LogP contribution is -2.39. The van der Waals surface area contributed by atoms with E-state index >= 15 is 0 Å². The molecule has 2 heterocycles. The monoisotopic (exact) mass is 352 g/mol. The highest BCUT2D eigenvalue weighted by atomic mass is 35.5. The van der Waals surface area contributed by atoms with Crippen LogP contribution in [0, 0.1) is 11.7 Å². The molecule has 24 heavy (non-hydrogen) atoms. The van der Waals surface area contributed by atoms with Gasteiger partial charge in [-0.15, -0.1) is 0 Å². The normalized spacial score (nSPS) is 19.2. The van der Waals surface area contributed by atoms with E-state index in [0.29, 0.717) is 25.4 Å². The summed E-state index contributed by atoms with van der Waals surface area (Å²) in [5.41, 5.74) is 0.234. The summed E-state index contributed by atoms with van der Waals surface area (Å²) >= 11 is 6.02. The molecule has 0 radical (unpaired) electrons. The molecule has 0 unspecified atom stereocenters. The average molecular weight is 353 g/mol. The van der Waals surface area contributed by atoms with Gasteiger partial charge in [0.25, 0.3) is 5.91 Å². The van der Waals surface area contributed by atoms with Gasteiger partial charge < -0.3 is 9.80 Å². The first-order valence-corrected chi connectivity index (χ1v) is 8.94. The third-order valence-corrected chi connectivity index (χ3v) is 5.37. The Kier molecular flexibility index (Phi) is 5.39. The summed E-state index contributed by atoms with van der Waals surface area (Å²) in [7, 11) is 0. The van der Waals surface area contributed by atoms with Gasteiger partial charge in [-0.2, -0.15) is 0 Å². The van der Waals surface area contributed by atoms with Crippen molar-refractivity contribution in [1.29, 1.82) is 0 Å². The number of piperidine rings is 1. The number of halogens is 2. The van der Waals surface area contributed by atoms with Crippen molar-refractivity contribution in [3.63, 3.8) is 0 Å². The summed E-state index contributed by atoms with van der Waals surface area (Å²) in [4.78, 5) is 27.8. The molecule has 2 aliphatic heterocycles. The molecule has 0 spiro atoms. The number of benzene rings is 1. The van der Waals surface area contributed by atoms with Gasteiger partial charge in [-0.1, -0.05) is 11.6 Å². The first-order valence-electron chi connectivity index (χ1n) is 8.56. The van der Waals surface area contributed by atoms with Crippen molar-refractivity contribution in [2.75, 3.05) is 26.2 Å². The van der Waals surface area contributed by atoms with E-state index in [1.807, 2.05) is 4.90 Å². The van der Waals surface area contributed by atoms with Crippen LogP contribution < -0.4 is 0 Å². The fourth-order valence-electron chi connectivity index (χ4n) is 3.54. The van der Waals surface area contributed by atoms with Crippen LogP contribution in [-0.2, 0) is 4.79 Å². The van der Waals surface area contributed by atoms with Gasteiger partial charge in [-0.25, -0.2) is 4.39 Å². The fourth-order valence-corrected chi connectivity index (χ4v) is 3.73. The van der Waals surface area contributed by atoms with Crippen molar-refractivity contribution < 1.29 is 14.0 Å². The van der Waals surface area contributed by atoms with Crippen LogP contribution in [0.2, 0.25) is 5.02 Å². The fraction of sp³-hybridized carbons (Fsp3) is 0.556. The zero-order valence-electron chi connectivity index (χ0n) is 13.6. The van der Waals surface area contributed by atoms with E-state index in [9.17, 15) is 14.0 Å². The van der Waals surface area contributed by atoms with Crippen LogP contribution in [0.5, 0.6) is 0 Å². The minimum atomic E-state index is -0.451. The van der Waals surface area contributed by atoms with E-state index in [1.54, 1.807) is 4.90 Å². The maximum atomic E-state index is 13.4. The average Bonchev–Trinajstić information content (AvgIpc) is 3.00.